The van der Waals surface area contributed by atoms with Gasteiger partial charge < -0.3 is 0 Å². The first-order valence-electron chi connectivity index (χ1n) is 6.63. The number of rotatable bonds is 3. The normalized spacial score (nSPS) is 18.6. The molecule has 1 aliphatic carbocycles. The van der Waals surface area contributed by atoms with Crippen LogP contribution in [0.2, 0.25) is 0 Å². The van der Waals surface area contributed by atoms with Gasteiger partial charge in [-0.05, 0) is 12.8 Å². The van der Waals surface area contributed by atoms with E-state index >= 15 is 0 Å². The molecule has 0 spiro atoms. The van der Waals surface area contributed by atoms with Gasteiger partial charge in [0.1, 0.15) is 17.9 Å². The second kappa shape index (κ2) is 5.94. The first-order valence-corrected chi connectivity index (χ1v) is 6.63. The van der Waals surface area contributed by atoms with Crippen LogP contribution in [0.1, 0.15) is 50.8 Å². The summed E-state index contributed by atoms with van der Waals surface area (Å²) in [5.74, 6) is 1.40. The molecule has 0 saturated heterocycles. The van der Waals surface area contributed by atoms with Crippen molar-refractivity contribution in [1.29, 1.82) is 0 Å². The molecule has 0 radical (unpaired) electrons. The monoisotopic (exact) mass is 235 g/mol. The summed E-state index contributed by atoms with van der Waals surface area (Å²) in [6, 6.07) is 0. The summed E-state index contributed by atoms with van der Waals surface area (Å²) in [5.41, 5.74) is 0. The van der Waals surface area contributed by atoms with Crippen molar-refractivity contribution >= 4 is 5.78 Å². The number of aromatic nitrogens is 3. The lowest BCUT2D eigenvalue weighted by atomic mass is 9.87. The molecule has 4 heteroatoms. The lowest BCUT2D eigenvalue weighted by Crippen LogP contribution is -2.20. The quantitative estimate of drug-likeness (QED) is 0.807. The standard InChI is InChI=1S/C13H21N3O/c1-16-13(14-10-15-16)9-12(17)11-7-5-3-2-4-6-8-11/h10-11H,2-9H2,1H3. The predicted octanol–water partition coefficient (Wildman–Crippen LogP) is 2.29. The summed E-state index contributed by atoms with van der Waals surface area (Å²) >= 11 is 0. The minimum Gasteiger partial charge on any atom is -0.299 e. The number of aryl methyl sites for hydroxylation is 1. The van der Waals surface area contributed by atoms with Crippen LogP contribution >= 0.6 is 0 Å². The van der Waals surface area contributed by atoms with Crippen LogP contribution in [0.15, 0.2) is 6.33 Å². The zero-order valence-corrected chi connectivity index (χ0v) is 10.6. The van der Waals surface area contributed by atoms with Crippen LogP contribution in [0.3, 0.4) is 0 Å². The first-order chi connectivity index (χ1) is 8.27. The van der Waals surface area contributed by atoms with Crippen molar-refractivity contribution in [2.45, 2.75) is 51.4 Å². The van der Waals surface area contributed by atoms with Crippen LogP contribution in [0, 0.1) is 5.92 Å². The highest BCUT2D eigenvalue weighted by Gasteiger charge is 2.20. The second-order valence-electron chi connectivity index (χ2n) is 4.99. The molecule has 1 saturated carbocycles. The number of Topliss-reactive ketones (excluding diaryl/α,β-unsaturated/α-hetero) is 1. The molecule has 2 rings (SSSR count). The van der Waals surface area contributed by atoms with Gasteiger partial charge in [-0.3, -0.25) is 9.48 Å². The molecule has 1 aromatic heterocycles. The Balaban J connectivity index is 1.91. The van der Waals surface area contributed by atoms with Crippen molar-refractivity contribution < 1.29 is 4.79 Å². The maximum absolute atomic E-state index is 12.2. The van der Waals surface area contributed by atoms with E-state index in [1.807, 2.05) is 7.05 Å². The van der Waals surface area contributed by atoms with Crippen LogP contribution in [0.4, 0.5) is 0 Å². The van der Waals surface area contributed by atoms with Gasteiger partial charge >= 0.3 is 0 Å². The maximum Gasteiger partial charge on any atom is 0.143 e. The summed E-state index contributed by atoms with van der Waals surface area (Å²) in [6.45, 7) is 0. The fourth-order valence-electron chi connectivity index (χ4n) is 2.56. The van der Waals surface area contributed by atoms with Gasteiger partial charge in [0.05, 0.1) is 6.42 Å². The predicted molar refractivity (Wildman–Crippen MR) is 65.5 cm³/mol. The molecule has 1 fully saturated rings. The highest BCUT2D eigenvalue weighted by atomic mass is 16.1. The van der Waals surface area contributed by atoms with Gasteiger partial charge in [-0.15, -0.1) is 0 Å². The Morgan fingerprint density at radius 1 is 1.29 bits per heavy atom. The fraction of sp³-hybridized carbons (Fsp3) is 0.769. The lowest BCUT2D eigenvalue weighted by molar-refractivity contribution is -0.123. The number of hydrogen-bond donors (Lipinski definition) is 0. The summed E-state index contributed by atoms with van der Waals surface area (Å²) in [7, 11) is 1.84. The van der Waals surface area contributed by atoms with E-state index in [4.69, 9.17) is 0 Å². The Labute approximate surface area is 102 Å². The summed E-state index contributed by atoms with van der Waals surface area (Å²) in [5, 5.41) is 4.00. The molecule has 0 aliphatic heterocycles. The van der Waals surface area contributed by atoms with E-state index in [9.17, 15) is 4.79 Å². The van der Waals surface area contributed by atoms with E-state index in [0.717, 1.165) is 18.7 Å². The molecule has 4 nitrogen and oxygen atoms in total. The molecule has 0 N–H and O–H groups in total. The van der Waals surface area contributed by atoms with Gasteiger partial charge in [0.15, 0.2) is 0 Å². The molecule has 0 bridgehead atoms. The highest BCUT2D eigenvalue weighted by Crippen LogP contribution is 2.23. The zero-order valence-electron chi connectivity index (χ0n) is 10.6. The van der Waals surface area contributed by atoms with Crippen molar-refractivity contribution in [2.75, 3.05) is 0 Å². The number of ketones is 1. The van der Waals surface area contributed by atoms with Crippen LogP contribution in [0.5, 0.6) is 0 Å². The van der Waals surface area contributed by atoms with E-state index in [-0.39, 0.29) is 5.92 Å². The van der Waals surface area contributed by atoms with Crippen LogP contribution in [0.25, 0.3) is 0 Å². The maximum atomic E-state index is 12.2. The Kier molecular flexibility index (Phi) is 4.29. The molecular formula is C13H21N3O. The minimum absolute atomic E-state index is 0.256. The summed E-state index contributed by atoms with van der Waals surface area (Å²) in [6.07, 6.45) is 10.4. The molecule has 0 aromatic carbocycles. The smallest absolute Gasteiger partial charge is 0.143 e. The Morgan fingerprint density at radius 3 is 2.53 bits per heavy atom. The molecule has 1 aromatic rings. The third-order valence-electron chi connectivity index (χ3n) is 3.70. The van der Waals surface area contributed by atoms with E-state index < -0.39 is 0 Å². The largest absolute Gasteiger partial charge is 0.299 e. The van der Waals surface area contributed by atoms with Gasteiger partial charge in [0.2, 0.25) is 0 Å². The average Bonchev–Trinajstić information content (AvgIpc) is 2.63. The van der Waals surface area contributed by atoms with E-state index in [0.29, 0.717) is 12.2 Å². The van der Waals surface area contributed by atoms with Gasteiger partial charge in [-0.2, -0.15) is 5.10 Å². The van der Waals surface area contributed by atoms with Crippen LogP contribution in [-0.2, 0) is 18.3 Å². The third-order valence-corrected chi connectivity index (χ3v) is 3.70. The minimum atomic E-state index is 0.256. The van der Waals surface area contributed by atoms with Crippen LogP contribution < -0.4 is 0 Å². The van der Waals surface area contributed by atoms with Gasteiger partial charge in [0, 0.05) is 13.0 Å². The Hall–Kier alpha value is -1.19. The Bertz CT molecular complexity index is 364. The molecule has 0 atom stereocenters. The first kappa shape index (κ1) is 12.3. The molecule has 17 heavy (non-hydrogen) atoms. The number of hydrogen-bond acceptors (Lipinski definition) is 3. The van der Waals surface area contributed by atoms with Crippen molar-refractivity contribution in [3.8, 4) is 0 Å². The number of carbonyl (C=O) groups excluding carboxylic acids is 1. The lowest BCUT2D eigenvalue weighted by Gasteiger charge is -2.18. The third kappa shape index (κ3) is 3.38. The van der Waals surface area contributed by atoms with Crippen molar-refractivity contribution in [3.63, 3.8) is 0 Å². The molecule has 1 aliphatic rings. The van der Waals surface area contributed by atoms with Crippen molar-refractivity contribution in [3.05, 3.63) is 12.2 Å². The molecule has 1 heterocycles. The average molecular weight is 235 g/mol. The Morgan fingerprint density at radius 2 is 1.94 bits per heavy atom. The topological polar surface area (TPSA) is 47.8 Å². The van der Waals surface area contributed by atoms with E-state index in [1.54, 1.807) is 4.68 Å². The van der Waals surface area contributed by atoms with Crippen molar-refractivity contribution in [2.24, 2.45) is 13.0 Å². The summed E-state index contributed by atoms with van der Waals surface area (Å²) in [4.78, 5) is 16.3. The zero-order chi connectivity index (χ0) is 12.1. The molecule has 0 unspecified atom stereocenters. The fourth-order valence-corrected chi connectivity index (χ4v) is 2.56. The number of nitrogens with zero attached hydrogens (tertiary/aromatic N) is 3. The molecule has 94 valence electrons. The number of carbonyl (C=O) groups is 1. The van der Waals surface area contributed by atoms with Gasteiger partial charge in [0.25, 0.3) is 0 Å². The molecular weight excluding hydrogens is 214 g/mol. The second-order valence-corrected chi connectivity index (χ2v) is 4.99. The van der Waals surface area contributed by atoms with Gasteiger partial charge in [-0.25, -0.2) is 4.98 Å². The summed E-state index contributed by atoms with van der Waals surface area (Å²) < 4.78 is 1.70. The van der Waals surface area contributed by atoms with Crippen molar-refractivity contribution in [1.82, 2.24) is 14.8 Å². The molecule has 0 amide bonds. The van der Waals surface area contributed by atoms with E-state index in [1.165, 1.54) is 38.4 Å². The van der Waals surface area contributed by atoms with Gasteiger partial charge in [-0.1, -0.05) is 32.1 Å². The SMILES string of the molecule is Cn1ncnc1CC(=O)C1CCCCCCC1. The highest BCUT2D eigenvalue weighted by molar-refractivity contribution is 5.82. The van der Waals surface area contributed by atoms with Crippen LogP contribution in [-0.4, -0.2) is 20.5 Å². The van der Waals surface area contributed by atoms with E-state index in [2.05, 4.69) is 10.1 Å².